The van der Waals surface area contributed by atoms with Gasteiger partial charge < -0.3 is 4.74 Å². The van der Waals surface area contributed by atoms with Gasteiger partial charge in [0, 0.05) is 0 Å². The lowest BCUT2D eigenvalue weighted by Gasteiger charge is -2.24. The fourth-order valence-corrected chi connectivity index (χ4v) is 2.24. The van der Waals surface area contributed by atoms with Gasteiger partial charge in [0.15, 0.2) is 0 Å². The molecule has 0 heterocycles. The van der Waals surface area contributed by atoms with E-state index in [0.29, 0.717) is 5.56 Å². The van der Waals surface area contributed by atoms with Crippen LogP contribution in [0, 0.1) is 5.41 Å². The summed E-state index contributed by atoms with van der Waals surface area (Å²) in [6.07, 6.45) is 3.37. The van der Waals surface area contributed by atoms with Crippen molar-refractivity contribution >= 4 is 5.97 Å². The van der Waals surface area contributed by atoms with Crippen molar-refractivity contribution in [3.8, 4) is 0 Å². The number of rotatable bonds is 5. The lowest BCUT2D eigenvalue weighted by atomic mass is 9.81. The van der Waals surface area contributed by atoms with E-state index >= 15 is 0 Å². The first-order chi connectivity index (χ1) is 7.98. The highest BCUT2D eigenvalue weighted by molar-refractivity contribution is 5.89. The van der Waals surface area contributed by atoms with Gasteiger partial charge in [-0.15, -0.1) is 0 Å². The molecule has 17 heavy (non-hydrogen) atoms. The first-order valence-electron chi connectivity index (χ1n) is 6.16. The summed E-state index contributed by atoms with van der Waals surface area (Å²) in [6, 6.07) is 7.72. The number of esters is 1. The normalized spacial score (nSPS) is 11.3. The number of hydrogen-bond donors (Lipinski definition) is 0. The van der Waals surface area contributed by atoms with Crippen LogP contribution < -0.4 is 0 Å². The van der Waals surface area contributed by atoms with Gasteiger partial charge in [0.2, 0.25) is 0 Å². The molecule has 1 aromatic carbocycles. The van der Waals surface area contributed by atoms with Crippen LogP contribution in [0.25, 0.3) is 0 Å². The molecule has 2 heteroatoms. The first kappa shape index (κ1) is 13.8. The minimum absolute atomic E-state index is 0.264. The Morgan fingerprint density at radius 3 is 2.65 bits per heavy atom. The van der Waals surface area contributed by atoms with E-state index in [1.165, 1.54) is 25.5 Å². The number of benzene rings is 1. The molecule has 0 atom stereocenters. The molecule has 0 aliphatic carbocycles. The van der Waals surface area contributed by atoms with E-state index in [0.717, 1.165) is 6.42 Å². The number of ether oxygens (including phenoxy) is 1. The zero-order valence-electron chi connectivity index (χ0n) is 11.2. The van der Waals surface area contributed by atoms with Crippen LogP contribution in [-0.2, 0) is 11.2 Å². The highest BCUT2D eigenvalue weighted by Crippen LogP contribution is 2.27. The van der Waals surface area contributed by atoms with Gasteiger partial charge in [0.25, 0.3) is 0 Å². The van der Waals surface area contributed by atoms with Crippen LogP contribution in [-0.4, -0.2) is 13.1 Å². The van der Waals surface area contributed by atoms with Crippen molar-refractivity contribution in [1.29, 1.82) is 0 Å². The van der Waals surface area contributed by atoms with E-state index in [2.05, 4.69) is 26.8 Å². The highest BCUT2D eigenvalue weighted by Gasteiger charge is 2.17. The Balaban J connectivity index is 2.82. The fraction of sp³-hybridized carbons (Fsp3) is 0.533. The first-order valence-corrected chi connectivity index (χ1v) is 6.16. The van der Waals surface area contributed by atoms with E-state index in [4.69, 9.17) is 4.74 Å². The van der Waals surface area contributed by atoms with Crippen molar-refractivity contribution in [1.82, 2.24) is 0 Å². The maximum absolute atomic E-state index is 11.4. The number of hydrogen-bond acceptors (Lipinski definition) is 2. The number of carbonyl (C=O) groups excluding carboxylic acids is 1. The van der Waals surface area contributed by atoms with Crippen molar-refractivity contribution in [2.24, 2.45) is 5.41 Å². The minimum atomic E-state index is -0.264. The summed E-state index contributed by atoms with van der Waals surface area (Å²) in [4.78, 5) is 11.4. The van der Waals surface area contributed by atoms with Gasteiger partial charge in [0.05, 0.1) is 12.7 Å². The SMILES string of the molecule is CCCC(C)(C)Cc1cccc(C(=O)OC)c1. The van der Waals surface area contributed by atoms with Crippen LogP contribution in [0.1, 0.15) is 49.5 Å². The largest absolute Gasteiger partial charge is 0.465 e. The summed E-state index contributed by atoms with van der Waals surface area (Å²) in [5, 5.41) is 0. The van der Waals surface area contributed by atoms with Crippen molar-refractivity contribution in [2.45, 2.75) is 40.0 Å². The molecule has 1 aromatic rings. The number of methoxy groups -OCH3 is 1. The van der Waals surface area contributed by atoms with E-state index < -0.39 is 0 Å². The average molecular weight is 234 g/mol. The van der Waals surface area contributed by atoms with E-state index in [-0.39, 0.29) is 11.4 Å². The zero-order chi connectivity index (χ0) is 12.9. The van der Waals surface area contributed by atoms with Gasteiger partial charge in [-0.2, -0.15) is 0 Å². The molecule has 0 bridgehead atoms. The number of carbonyl (C=O) groups is 1. The Hall–Kier alpha value is -1.31. The molecule has 0 radical (unpaired) electrons. The molecule has 0 unspecified atom stereocenters. The Morgan fingerprint density at radius 1 is 1.35 bits per heavy atom. The molecule has 1 rings (SSSR count). The maximum Gasteiger partial charge on any atom is 0.337 e. The monoisotopic (exact) mass is 234 g/mol. The molecular weight excluding hydrogens is 212 g/mol. The quantitative estimate of drug-likeness (QED) is 0.723. The summed E-state index contributed by atoms with van der Waals surface area (Å²) in [6.45, 7) is 6.73. The van der Waals surface area contributed by atoms with E-state index in [1.807, 2.05) is 12.1 Å². The molecule has 0 spiro atoms. The molecule has 0 aliphatic heterocycles. The van der Waals surface area contributed by atoms with Crippen LogP contribution in [0.5, 0.6) is 0 Å². The summed E-state index contributed by atoms with van der Waals surface area (Å²) >= 11 is 0. The molecule has 0 saturated carbocycles. The van der Waals surface area contributed by atoms with Crippen LogP contribution >= 0.6 is 0 Å². The maximum atomic E-state index is 11.4. The standard InChI is InChI=1S/C15H22O2/c1-5-9-15(2,3)11-12-7-6-8-13(10-12)14(16)17-4/h6-8,10H,5,9,11H2,1-4H3. The molecule has 2 nitrogen and oxygen atoms in total. The third kappa shape index (κ3) is 4.22. The van der Waals surface area contributed by atoms with Crippen molar-refractivity contribution in [2.75, 3.05) is 7.11 Å². The van der Waals surface area contributed by atoms with Crippen molar-refractivity contribution in [3.63, 3.8) is 0 Å². The lowest BCUT2D eigenvalue weighted by molar-refractivity contribution is 0.0600. The second-order valence-electron chi connectivity index (χ2n) is 5.28. The Morgan fingerprint density at radius 2 is 2.06 bits per heavy atom. The smallest absolute Gasteiger partial charge is 0.337 e. The Bertz CT molecular complexity index is 380. The average Bonchev–Trinajstić information content (AvgIpc) is 2.27. The van der Waals surface area contributed by atoms with Crippen LogP contribution in [0.2, 0.25) is 0 Å². The molecule has 0 saturated heterocycles. The molecule has 0 N–H and O–H groups in total. The highest BCUT2D eigenvalue weighted by atomic mass is 16.5. The van der Waals surface area contributed by atoms with E-state index in [1.54, 1.807) is 6.07 Å². The predicted molar refractivity (Wildman–Crippen MR) is 70.2 cm³/mol. The summed E-state index contributed by atoms with van der Waals surface area (Å²) in [7, 11) is 1.41. The van der Waals surface area contributed by atoms with Gasteiger partial charge in [-0.05, 0) is 36.0 Å². The van der Waals surface area contributed by atoms with E-state index in [9.17, 15) is 4.79 Å². The fourth-order valence-electron chi connectivity index (χ4n) is 2.24. The lowest BCUT2D eigenvalue weighted by Crippen LogP contribution is -2.15. The minimum Gasteiger partial charge on any atom is -0.465 e. The molecule has 0 aliphatic rings. The van der Waals surface area contributed by atoms with Gasteiger partial charge in [-0.1, -0.05) is 39.3 Å². The summed E-state index contributed by atoms with van der Waals surface area (Å²) in [5.41, 5.74) is 2.12. The topological polar surface area (TPSA) is 26.3 Å². The van der Waals surface area contributed by atoms with Crippen LogP contribution in [0.15, 0.2) is 24.3 Å². The molecule has 0 fully saturated rings. The molecule has 0 aromatic heterocycles. The van der Waals surface area contributed by atoms with Gasteiger partial charge in [0.1, 0.15) is 0 Å². The molecule has 94 valence electrons. The van der Waals surface area contributed by atoms with Gasteiger partial charge >= 0.3 is 5.97 Å². The molecule has 0 amide bonds. The van der Waals surface area contributed by atoms with Gasteiger partial charge in [-0.3, -0.25) is 0 Å². The van der Waals surface area contributed by atoms with Crippen LogP contribution in [0.4, 0.5) is 0 Å². The molecular formula is C15H22O2. The summed E-state index contributed by atoms with van der Waals surface area (Å²) in [5.74, 6) is -0.264. The predicted octanol–water partition coefficient (Wildman–Crippen LogP) is 3.84. The summed E-state index contributed by atoms with van der Waals surface area (Å²) < 4.78 is 4.73. The Labute approximate surface area is 104 Å². The Kier molecular flexibility index (Phi) is 4.73. The van der Waals surface area contributed by atoms with Crippen LogP contribution in [0.3, 0.4) is 0 Å². The van der Waals surface area contributed by atoms with Gasteiger partial charge in [-0.25, -0.2) is 4.79 Å². The second kappa shape index (κ2) is 5.85. The van der Waals surface area contributed by atoms with Crippen molar-refractivity contribution < 1.29 is 9.53 Å². The second-order valence-corrected chi connectivity index (χ2v) is 5.28. The zero-order valence-corrected chi connectivity index (χ0v) is 11.2. The third-order valence-electron chi connectivity index (χ3n) is 2.96. The van der Waals surface area contributed by atoms with Crippen molar-refractivity contribution in [3.05, 3.63) is 35.4 Å². The third-order valence-corrected chi connectivity index (χ3v) is 2.96.